The van der Waals surface area contributed by atoms with Gasteiger partial charge in [0, 0.05) is 13.1 Å². The summed E-state index contributed by atoms with van der Waals surface area (Å²) in [4.78, 5) is 27.0. The van der Waals surface area contributed by atoms with Crippen molar-refractivity contribution in [3.63, 3.8) is 0 Å². The first-order chi connectivity index (χ1) is 13.6. The van der Waals surface area contributed by atoms with E-state index in [1.807, 2.05) is 48.5 Å². The molecule has 1 atom stereocenters. The van der Waals surface area contributed by atoms with E-state index < -0.39 is 6.04 Å². The summed E-state index contributed by atoms with van der Waals surface area (Å²) in [6.45, 7) is 4.77. The van der Waals surface area contributed by atoms with Crippen LogP contribution in [-0.2, 0) is 16.1 Å². The number of benzene rings is 2. The molecule has 2 amide bonds. The first kappa shape index (κ1) is 21.5. The molecule has 28 heavy (non-hydrogen) atoms. The van der Waals surface area contributed by atoms with Crippen LogP contribution in [0, 0.1) is 0 Å². The molecule has 2 rings (SSSR count). The van der Waals surface area contributed by atoms with E-state index in [9.17, 15) is 9.59 Å². The summed E-state index contributed by atoms with van der Waals surface area (Å²) in [5, 5.41) is 2.94. The summed E-state index contributed by atoms with van der Waals surface area (Å²) in [7, 11) is 0. The predicted octanol–water partition coefficient (Wildman–Crippen LogP) is 3.79. The number of nitrogens with one attached hydrogen (secondary N) is 1. The van der Waals surface area contributed by atoms with E-state index in [0.29, 0.717) is 18.8 Å². The van der Waals surface area contributed by atoms with Crippen LogP contribution in [0.3, 0.4) is 0 Å². The Balaban J connectivity index is 2.02. The van der Waals surface area contributed by atoms with E-state index in [4.69, 9.17) is 4.74 Å². The third-order valence-electron chi connectivity index (χ3n) is 4.55. The van der Waals surface area contributed by atoms with E-state index in [1.54, 1.807) is 24.0 Å². The molecule has 0 aliphatic heterocycles. The van der Waals surface area contributed by atoms with E-state index in [-0.39, 0.29) is 18.4 Å². The van der Waals surface area contributed by atoms with E-state index >= 15 is 0 Å². The van der Waals surface area contributed by atoms with Crippen LogP contribution in [0.25, 0.3) is 0 Å². The van der Waals surface area contributed by atoms with Crippen molar-refractivity contribution in [3.05, 3.63) is 66.2 Å². The zero-order valence-corrected chi connectivity index (χ0v) is 16.8. The van der Waals surface area contributed by atoms with Gasteiger partial charge in [0.15, 0.2) is 6.61 Å². The topological polar surface area (TPSA) is 58.6 Å². The van der Waals surface area contributed by atoms with Crippen LogP contribution in [0.1, 0.15) is 38.7 Å². The molecular formula is C23H30N2O3. The maximum absolute atomic E-state index is 12.9. The number of rotatable bonds is 11. The molecule has 150 valence electrons. The van der Waals surface area contributed by atoms with Gasteiger partial charge in [-0.15, -0.1) is 0 Å². The molecule has 0 spiro atoms. The van der Waals surface area contributed by atoms with Crippen molar-refractivity contribution in [1.82, 2.24) is 10.2 Å². The highest BCUT2D eigenvalue weighted by atomic mass is 16.5. The molecule has 2 aromatic rings. The highest BCUT2D eigenvalue weighted by molar-refractivity contribution is 5.87. The molecule has 0 saturated heterocycles. The predicted molar refractivity (Wildman–Crippen MR) is 111 cm³/mol. The lowest BCUT2D eigenvalue weighted by atomic mass is 10.1. The van der Waals surface area contributed by atoms with Crippen LogP contribution in [0.2, 0.25) is 0 Å². The third-order valence-corrected chi connectivity index (χ3v) is 4.55. The van der Waals surface area contributed by atoms with Crippen LogP contribution in [-0.4, -0.2) is 35.9 Å². The summed E-state index contributed by atoms with van der Waals surface area (Å²) < 4.78 is 5.61. The second-order valence-corrected chi connectivity index (χ2v) is 6.78. The van der Waals surface area contributed by atoms with Crippen molar-refractivity contribution in [3.8, 4) is 5.75 Å². The lowest BCUT2D eigenvalue weighted by Gasteiger charge is -2.28. The van der Waals surface area contributed by atoms with Crippen molar-refractivity contribution >= 4 is 11.8 Å². The fourth-order valence-electron chi connectivity index (χ4n) is 2.84. The molecule has 0 heterocycles. The number of unbranched alkanes of at least 4 members (excludes halogenated alkanes) is 2. The number of carbonyl (C=O) groups excluding carboxylic acids is 2. The molecule has 0 radical (unpaired) electrons. The monoisotopic (exact) mass is 382 g/mol. The number of carbonyl (C=O) groups is 2. The zero-order valence-electron chi connectivity index (χ0n) is 16.8. The van der Waals surface area contributed by atoms with Gasteiger partial charge >= 0.3 is 0 Å². The molecule has 1 N–H and O–H groups in total. The van der Waals surface area contributed by atoms with Gasteiger partial charge in [-0.3, -0.25) is 9.59 Å². The summed E-state index contributed by atoms with van der Waals surface area (Å²) in [6.07, 6.45) is 3.12. The minimum absolute atomic E-state index is 0.107. The SMILES string of the molecule is CCCCCNC(=O)C(C)N(Cc1ccccc1)C(=O)COc1ccccc1. The Hall–Kier alpha value is -2.82. The lowest BCUT2D eigenvalue weighted by molar-refractivity contribution is -0.142. The maximum Gasteiger partial charge on any atom is 0.261 e. The zero-order chi connectivity index (χ0) is 20.2. The quantitative estimate of drug-likeness (QED) is 0.602. The maximum atomic E-state index is 12.9. The van der Waals surface area contributed by atoms with E-state index in [1.165, 1.54) is 0 Å². The Morgan fingerprint density at radius 1 is 1.00 bits per heavy atom. The number of ether oxygens (including phenoxy) is 1. The number of hydrogen-bond donors (Lipinski definition) is 1. The van der Waals surface area contributed by atoms with Gasteiger partial charge in [0.2, 0.25) is 5.91 Å². The highest BCUT2D eigenvalue weighted by Gasteiger charge is 2.26. The molecule has 5 heteroatoms. The molecule has 0 fully saturated rings. The summed E-state index contributed by atoms with van der Waals surface area (Å²) >= 11 is 0. The number of hydrogen-bond acceptors (Lipinski definition) is 3. The summed E-state index contributed by atoms with van der Waals surface area (Å²) in [5.74, 6) is 0.274. The normalized spacial score (nSPS) is 11.5. The van der Waals surface area contributed by atoms with E-state index in [2.05, 4.69) is 12.2 Å². The van der Waals surface area contributed by atoms with Gasteiger partial charge in [0.1, 0.15) is 11.8 Å². The largest absolute Gasteiger partial charge is 0.484 e. The Morgan fingerprint density at radius 2 is 1.64 bits per heavy atom. The summed E-state index contributed by atoms with van der Waals surface area (Å²) in [6, 6.07) is 18.3. The molecule has 2 aromatic carbocycles. The molecular weight excluding hydrogens is 352 g/mol. The minimum Gasteiger partial charge on any atom is -0.484 e. The Kier molecular flexibility index (Phi) is 9.05. The van der Waals surface area contributed by atoms with Crippen LogP contribution in [0.15, 0.2) is 60.7 Å². The van der Waals surface area contributed by atoms with Gasteiger partial charge in [-0.1, -0.05) is 68.3 Å². The van der Waals surface area contributed by atoms with E-state index in [0.717, 1.165) is 24.8 Å². The second-order valence-electron chi connectivity index (χ2n) is 6.78. The van der Waals surface area contributed by atoms with Crippen molar-refractivity contribution in [1.29, 1.82) is 0 Å². The van der Waals surface area contributed by atoms with Crippen LogP contribution in [0.4, 0.5) is 0 Å². The molecule has 0 aliphatic carbocycles. The van der Waals surface area contributed by atoms with Crippen LogP contribution in [0.5, 0.6) is 5.75 Å². The molecule has 0 aromatic heterocycles. The average molecular weight is 383 g/mol. The van der Waals surface area contributed by atoms with Gasteiger partial charge in [0.25, 0.3) is 5.91 Å². The molecule has 0 bridgehead atoms. The molecule has 5 nitrogen and oxygen atoms in total. The lowest BCUT2D eigenvalue weighted by Crippen LogP contribution is -2.49. The second kappa shape index (κ2) is 11.8. The molecule has 0 aliphatic rings. The Bertz CT molecular complexity index is 719. The fourth-order valence-corrected chi connectivity index (χ4v) is 2.84. The summed E-state index contributed by atoms with van der Waals surface area (Å²) in [5.41, 5.74) is 0.973. The van der Waals surface area contributed by atoms with Gasteiger partial charge in [-0.25, -0.2) is 0 Å². The van der Waals surface area contributed by atoms with Gasteiger partial charge < -0.3 is 15.0 Å². The average Bonchev–Trinajstić information content (AvgIpc) is 2.74. The third kappa shape index (κ3) is 7.06. The van der Waals surface area contributed by atoms with Crippen molar-refractivity contribution in [2.24, 2.45) is 0 Å². The van der Waals surface area contributed by atoms with Crippen LogP contribution < -0.4 is 10.1 Å². The minimum atomic E-state index is -0.575. The molecule has 1 unspecified atom stereocenters. The highest BCUT2D eigenvalue weighted by Crippen LogP contribution is 2.12. The molecule has 0 saturated carbocycles. The van der Waals surface area contributed by atoms with Crippen molar-refractivity contribution in [2.75, 3.05) is 13.2 Å². The first-order valence-electron chi connectivity index (χ1n) is 9.90. The number of para-hydroxylation sites is 1. The number of nitrogens with zero attached hydrogens (tertiary/aromatic N) is 1. The van der Waals surface area contributed by atoms with Crippen LogP contribution >= 0.6 is 0 Å². The van der Waals surface area contributed by atoms with Gasteiger partial charge in [-0.05, 0) is 31.0 Å². The van der Waals surface area contributed by atoms with Gasteiger partial charge in [0.05, 0.1) is 0 Å². The van der Waals surface area contributed by atoms with Gasteiger partial charge in [-0.2, -0.15) is 0 Å². The fraction of sp³-hybridized carbons (Fsp3) is 0.391. The van der Waals surface area contributed by atoms with Crippen molar-refractivity contribution < 1.29 is 14.3 Å². The standard InChI is InChI=1S/C23H30N2O3/c1-3-4-11-16-24-23(27)19(2)25(17-20-12-7-5-8-13-20)22(26)18-28-21-14-9-6-10-15-21/h5-10,12-15,19H,3-4,11,16-18H2,1-2H3,(H,24,27). The smallest absolute Gasteiger partial charge is 0.261 e. The Labute approximate surface area is 167 Å². The number of amides is 2. The first-order valence-corrected chi connectivity index (χ1v) is 9.90. The Morgan fingerprint density at radius 3 is 2.29 bits per heavy atom. The van der Waals surface area contributed by atoms with Crippen molar-refractivity contribution in [2.45, 2.75) is 45.7 Å².